The zero-order valence-corrected chi connectivity index (χ0v) is 19.7. The molecule has 0 saturated carbocycles. The van der Waals surface area contributed by atoms with Crippen molar-refractivity contribution in [3.05, 3.63) is 65.8 Å². The molecule has 1 N–H and O–H groups in total. The highest BCUT2D eigenvalue weighted by molar-refractivity contribution is 6.13. The maximum atomic E-state index is 13.5. The van der Waals surface area contributed by atoms with E-state index in [0.717, 1.165) is 54.1 Å². The first-order valence-electron chi connectivity index (χ1n) is 11.8. The summed E-state index contributed by atoms with van der Waals surface area (Å²) < 4.78 is 9.43. The fourth-order valence-electron chi connectivity index (χ4n) is 4.81. The van der Waals surface area contributed by atoms with E-state index in [2.05, 4.69) is 25.2 Å². The number of anilines is 1. The van der Waals surface area contributed by atoms with Gasteiger partial charge in [0.05, 0.1) is 22.9 Å². The number of nitrogens with zero attached hydrogens (tertiary/aromatic N) is 6. The molecule has 0 atom stereocenters. The van der Waals surface area contributed by atoms with E-state index in [0.29, 0.717) is 28.4 Å². The summed E-state index contributed by atoms with van der Waals surface area (Å²) in [5.74, 6) is 2.23. The van der Waals surface area contributed by atoms with Crippen molar-refractivity contribution >= 4 is 22.6 Å². The van der Waals surface area contributed by atoms with Gasteiger partial charge in [-0.1, -0.05) is 18.6 Å². The quantitative estimate of drug-likeness (QED) is 0.408. The number of fused-ring (bicyclic) bond motifs is 2. The Morgan fingerprint density at radius 2 is 2.00 bits per heavy atom. The van der Waals surface area contributed by atoms with Gasteiger partial charge in [-0.3, -0.25) is 9.48 Å². The van der Waals surface area contributed by atoms with Gasteiger partial charge in [0.15, 0.2) is 17.2 Å². The monoisotopic (exact) mass is 467 g/mol. The Morgan fingerprint density at radius 3 is 2.86 bits per heavy atom. The first-order valence-corrected chi connectivity index (χ1v) is 11.8. The summed E-state index contributed by atoms with van der Waals surface area (Å²) in [6.07, 6.45) is 6.00. The van der Waals surface area contributed by atoms with Crippen molar-refractivity contribution in [2.75, 3.05) is 5.32 Å². The average Bonchev–Trinajstić information content (AvgIpc) is 3.56. The largest absolute Gasteiger partial charge is 0.463 e. The summed E-state index contributed by atoms with van der Waals surface area (Å²) in [4.78, 5) is 18.2. The van der Waals surface area contributed by atoms with Crippen molar-refractivity contribution in [2.45, 2.75) is 39.2 Å². The maximum absolute atomic E-state index is 13.5. The van der Waals surface area contributed by atoms with Gasteiger partial charge in [0.1, 0.15) is 11.5 Å². The van der Waals surface area contributed by atoms with Gasteiger partial charge in [0.2, 0.25) is 0 Å². The molecule has 0 radical (unpaired) electrons. The van der Waals surface area contributed by atoms with Gasteiger partial charge in [-0.25, -0.2) is 4.98 Å². The molecule has 0 bridgehead atoms. The predicted molar refractivity (Wildman–Crippen MR) is 132 cm³/mol. The van der Waals surface area contributed by atoms with Crippen LogP contribution in [0.4, 0.5) is 5.69 Å². The predicted octanol–water partition coefficient (Wildman–Crippen LogP) is 4.77. The van der Waals surface area contributed by atoms with E-state index < -0.39 is 0 Å². The molecule has 1 aliphatic heterocycles. The van der Waals surface area contributed by atoms with Crippen LogP contribution in [0, 0.1) is 6.92 Å². The lowest BCUT2D eigenvalue weighted by molar-refractivity contribution is 0.102. The number of rotatable bonds is 4. The number of aryl methyl sites for hydroxylation is 3. The highest BCUT2D eigenvalue weighted by Crippen LogP contribution is 2.29. The van der Waals surface area contributed by atoms with E-state index in [-0.39, 0.29) is 5.91 Å². The summed E-state index contributed by atoms with van der Waals surface area (Å²) in [6.45, 7) is 2.80. The molecule has 176 valence electrons. The minimum Gasteiger partial charge on any atom is -0.463 e. The summed E-state index contributed by atoms with van der Waals surface area (Å²) in [5, 5.41) is 17.1. The van der Waals surface area contributed by atoms with E-state index >= 15 is 0 Å². The summed E-state index contributed by atoms with van der Waals surface area (Å²) >= 11 is 0. The third-order valence-corrected chi connectivity index (χ3v) is 6.48. The molecule has 4 aromatic heterocycles. The lowest BCUT2D eigenvalue weighted by Gasteiger charge is -2.11. The van der Waals surface area contributed by atoms with Crippen LogP contribution in [0.5, 0.6) is 0 Å². The van der Waals surface area contributed by atoms with Crippen molar-refractivity contribution < 1.29 is 9.21 Å². The van der Waals surface area contributed by atoms with Gasteiger partial charge in [0, 0.05) is 31.3 Å². The minimum atomic E-state index is -0.237. The third kappa shape index (κ3) is 3.78. The van der Waals surface area contributed by atoms with Crippen molar-refractivity contribution in [1.82, 2.24) is 29.5 Å². The molecule has 9 nitrogen and oxygen atoms in total. The number of carbonyl (C=O) groups is 1. The molecule has 0 aliphatic carbocycles. The molecule has 6 rings (SSSR count). The fraction of sp³-hybridized carbons (Fsp3) is 0.269. The molecule has 35 heavy (non-hydrogen) atoms. The van der Waals surface area contributed by atoms with E-state index in [1.807, 2.05) is 44.3 Å². The Hall–Kier alpha value is -4.27. The lowest BCUT2D eigenvalue weighted by Crippen LogP contribution is -2.13. The Kier molecular flexibility index (Phi) is 5.17. The normalized spacial score (nSPS) is 13.5. The fourth-order valence-corrected chi connectivity index (χ4v) is 4.81. The Morgan fingerprint density at radius 1 is 1.09 bits per heavy atom. The van der Waals surface area contributed by atoms with Gasteiger partial charge >= 0.3 is 0 Å². The van der Waals surface area contributed by atoms with Gasteiger partial charge in [0.25, 0.3) is 5.91 Å². The van der Waals surface area contributed by atoms with Crippen molar-refractivity contribution in [3.63, 3.8) is 0 Å². The number of aromatic nitrogens is 6. The minimum absolute atomic E-state index is 0.237. The summed E-state index contributed by atoms with van der Waals surface area (Å²) in [5.41, 5.74) is 4.05. The number of amides is 1. The van der Waals surface area contributed by atoms with Crippen molar-refractivity contribution in [3.8, 4) is 22.8 Å². The number of pyridine rings is 1. The second kappa shape index (κ2) is 8.50. The van der Waals surface area contributed by atoms with E-state index in [9.17, 15) is 4.79 Å². The van der Waals surface area contributed by atoms with Gasteiger partial charge < -0.3 is 14.3 Å². The van der Waals surface area contributed by atoms with Crippen molar-refractivity contribution in [2.24, 2.45) is 7.05 Å². The highest BCUT2D eigenvalue weighted by atomic mass is 16.3. The average molecular weight is 468 g/mol. The summed E-state index contributed by atoms with van der Waals surface area (Å²) in [7, 11) is 1.82. The zero-order valence-electron chi connectivity index (χ0n) is 19.7. The molecule has 9 heteroatoms. The number of carbonyl (C=O) groups excluding carboxylic acids is 1. The third-order valence-electron chi connectivity index (χ3n) is 6.48. The van der Waals surface area contributed by atoms with Gasteiger partial charge in [-0.15, -0.1) is 10.2 Å². The molecule has 1 amide bonds. The first kappa shape index (κ1) is 21.3. The zero-order chi connectivity index (χ0) is 23.9. The molecule has 0 spiro atoms. The van der Waals surface area contributed by atoms with Crippen LogP contribution in [0.15, 0.2) is 53.1 Å². The van der Waals surface area contributed by atoms with Crippen LogP contribution in [0.2, 0.25) is 0 Å². The molecular formula is C26H25N7O2. The SMILES string of the molecule is Cc1nn(C)c2nc(-c3ccco3)cc(C(=O)Nc3cccc(-c4nnc5n4CCCCC5)c3)c12. The first-order chi connectivity index (χ1) is 17.1. The summed E-state index contributed by atoms with van der Waals surface area (Å²) in [6, 6.07) is 13.1. The molecule has 0 saturated heterocycles. The topological polar surface area (TPSA) is 104 Å². The van der Waals surface area contributed by atoms with E-state index in [1.165, 1.54) is 6.42 Å². The Balaban J connectivity index is 1.37. The number of furan rings is 1. The number of hydrogen-bond acceptors (Lipinski definition) is 6. The van der Waals surface area contributed by atoms with Gasteiger partial charge in [-0.05, 0) is 50.1 Å². The Bertz CT molecular complexity index is 1550. The van der Waals surface area contributed by atoms with Crippen LogP contribution >= 0.6 is 0 Å². The van der Waals surface area contributed by atoms with Crippen LogP contribution in [-0.4, -0.2) is 35.4 Å². The van der Waals surface area contributed by atoms with Crippen LogP contribution in [0.3, 0.4) is 0 Å². The lowest BCUT2D eigenvalue weighted by atomic mass is 10.1. The smallest absolute Gasteiger partial charge is 0.256 e. The second-order valence-corrected chi connectivity index (χ2v) is 8.88. The molecular weight excluding hydrogens is 442 g/mol. The molecule has 0 unspecified atom stereocenters. The van der Waals surface area contributed by atoms with Crippen LogP contribution in [0.1, 0.15) is 41.1 Å². The Labute approximate surface area is 201 Å². The molecule has 1 aliphatic rings. The number of hydrogen-bond donors (Lipinski definition) is 1. The molecule has 5 aromatic rings. The van der Waals surface area contributed by atoms with Crippen molar-refractivity contribution in [1.29, 1.82) is 0 Å². The van der Waals surface area contributed by atoms with E-state index in [1.54, 1.807) is 23.1 Å². The molecule has 1 aromatic carbocycles. The molecule has 0 fully saturated rings. The van der Waals surface area contributed by atoms with Crippen LogP contribution in [0.25, 0.3) is 33.9 Å². The van der Waals surface area contributed by atoms with Gasteiger partial charge in [-0.2, -0.15) is 5.10 Å². The van der Waals surface area contributed by atoms with Crippen LogP contribution in [-0.2, 0) is 20.0 Å². The number of benzene rings is 1. The second-order valence-electron chi connectivity index (χ2n) is 8.88. The number of nitrogens with one attached hydrogen (secondary N) is 1. The maximum Gasteiger partial charge on any atom is 0.256 e. The molecule has 5 heterocycles. The highest BCUT2D eigenvalue weighted by Gasteiger charge is 2.21. The standard InChI is InChI=1S/C26H25N7O2/c1-16-23-19(15-20(21-10-7-13-35-21)28-25(23)32(2)31-16)26(34)27-18-9-6-8-17(14-18)24-30-29-22-11-4-3-5-12-33(22)24/h6-10,13-15H,3-5,11-12H2,1-2H3,(H,27,34). The van der Waals surface area contributed by atoms with Crippen LogP contribution < -0.4 is 5.32 Å². The van der Waals surface area contributed by atoms with E-state index in [4.69, 9.17) is 9.40 Å².